The molecule has 0 saturated heterocycles. The van der Waals surface area contributed by atoms with Crippen molar-refractivity contribution in [3.63, 3.8) is 0 Å². The zero-order valence-electron chi connectivity index (χ0n) is 20.4. The topological polar surface area (TPSA) is 151 Å². The number of hydrogen-bond donors (Lipinski definition) is 4. The van der Waals surface area contributed by atoms with Gasteiger partial charge in [-0.2, -0.15) is 0 Å². The van der Waals surface area contributed by atoms with Crippen LogP contribution in [0.2, 0.25) is 0 Å². The second-order valence-corrected chi connectivity index (χ2v) is 8.13. The second kappa shape index (κ2) is 14.3. The van der Waals surface area contributed by atoms with E-state index in [0.29, 0.717) is 23.4 Å². The van der Waals surface area contributed by atoms with E-state index in [4.69, 9.17) is 14.6 Å². The number of aromatic carboxylic acids is 1. The summed E-state index contributed by atoms with van der Waals surface area (Å²) in [6.07, 6.45) is 2.75. The molecule has 0 aliphatic heterocycles. The van der Waals surface area contributed by atoms with Gasteiger partial charge < -0.3 is 30.3 Å². The zero-order valence-corrected chi connectivity index (χ0v) is 20.4. The zero-order chi connectivity index (χ0) is 26.5. The van der Waals surface area contributed by atoms with Crippen molar-refractivity contribution in [2.24, 2.45) is 0 Å². The highest BCUT2D eigenvalue weighted by Gasteiger charge is 2.23. The fourth-order valence-electron chi connectivity index (χ4n) is 3.56. The molecule has 0 heterocycles. The van der Waals surface area contributed by atoms with Gasteiger partial charge in [0.1, 0.15) is 23.1 Å². The van der Waals surface area contributed by atoms with Crippen LogP contribution in [0.4, 0.5) is 0 Å². The Bertz CT molecular complexity index is 1070. The van der Waals surface area contributed by atoms with Gasteiger partial charge in [-0.25, -0.2) is 9.59 Å². The first-order valence-electron chi connectivity index (χ1n) is 11.6. The fraction of sp³-hybridized carbons (Fsp3) is 0.385. The summed E-state index contributed by atoms with van der Waals surface area (Å²) in [5.41, 5.74) is 0.880. The van der Waals surface area contributed by atoms with Crippen LogP contribution in [0.5, 0.6) is 11.5 Å². The molecule has 0 radical (unpaired) electrons. The molecule has 0 saturated carbocycles. The molecule has 0 aliphatic rings. The molecule has 0 fully saturated rings. The molecule has 1 atom stereocenters. The fourth-order valence-corrected chi connectivity index (χ4v) is 3.56. The maximum Gasteiger partial charge on any atom is 0.341 e. The van der Waals surface area contributed by atoms with Gasteiger partial charge in [-0.1, -0.05) is 44.0 Å². The summed E-state index contributed by atoms with van der Waals surface area (Å²) in [7, 11) is 1.51. The Morgan fingerprint density at radius 1 is 1.00 bits per heavy atom. The van der Waals surface area contributed by atoms with Crippen LogP contribution in [-0.4, -0.2) is 60.3 Å². The Morgan fingerprint density at radius 2 is 1.75 bits per heavy atom. The van der Waals surface area contributed by atoms with E-state index in [2.05, 4.69) is 10.6 Å². The third-order valence-corrected chi connectivity index (χ3v) is 5.34. The molecule has 10 nitrogen and oxygen atoms in total. The lowest BCUT2D eigenvalue weighted by Crippen LogP contribution is -2.48. The summed E-state index contributed by atoms with van der Waals surface area (Å²) in [4.78, 5) is 48.2. The maximum atomic E-state index is 12.9. The van der Waals surface area contributed by atoms with E-state index in [1.165, 1.54) is 25.3 Å². The minimum absolute atomic E-state index is 0.00797. The van der Waals surface area contributed by atoms with Gasteiger partial charge in [0.05, 0.1) is 13.5 Å². The van der Waals surface area contributed by atoms with E-state index in [1.807, 2.05) is 6.92 Å². The number of ether oxygens (including phenoxy) is 2. The van der Waals surface area contributed by atoms with E-state index in [1.54, 1.807) is 24.3 Å². The molecule has 0 unspecified atom stereocenters. The van der Waals surface area contributed by atoms with Crippen molar-refractivity contribution in [3.8, 4) is 11.5 Å². The number of hydrogen-bond acceptors (Lipinski definition) is 6. The number of nitrogens with one attached hydrogen (secondary N) is 2. The standard InChI is InChI=1S/C26H32N2O8/c1-3-4-7-12-27-25(32)20(28-23(29)15-18-8-5-6-9-21(18)35-2)14-17-10-11-22(36-16-24(30)31)19(13-17)26(33)34/h5-6,8-11,13,20H,3-4,7,12,14-16H2,1-2H3,(H,27,32)(H,28,29)(H,30,31)(H,33,34)/t20-/m1/s1. The molecule has 0 aliphatic carbocycles. The van der Waals surface area contributed by atoms with Gasteiger partial charge in [0.25, 0.3) is 0 Å². The maximum absolute atomic E-state index is 12.9. The molecule has 2 rings (SSSR count). The van der Waals surface area contributed by atoms with Crippen molar-refractivity contribution in [3.05, 3.63) is 59.2 Å². The van der Waals surface area contributed by atoms with Crippen LogP contribution in [0.15, 0.2) is 42.5 Å². The average molecular weight is 501 g/mol. The first-order chi connectivity index (χ1) is 17.2. The van der Waals surface area contributed by atoms with Gasteiger partial charge >= 0.3 is 11.9 Å². The lowest BCUT2D eigenvalue weighted by Gasteiger charge is -2.20. The molecule has 0 spiro atoms. The van der Waals surface area contributed by atoms with Crippen LogP contribution in [-0.2, 0) is 27.2 Å². The predicted molar refractivity (Wildman–Crippen MR) is 131 cm³/mol. The number of unbranched alkanes of at least 4 members (excludes halogenated alkanes) is 2. The van der Waals surface area contributed by atoms with Crippen LogP contribution in [0, 0.1) is 0 Å². The minimum atomic E-state index is -1.31. The van der Waals surface area contributed by atoms with Gasteiger partial charge in [0, 0.05) is 18.5 Å². The molecule has 194 valence electrons. The molecule has 0 aromatic heterocycles. The molecule has 10 heteroatoms. The Hall–Kier alpha value is -4.08. The molecule has 2 aromatic rings. The first-order valence-corrected chi connectivity index (χ1v) is 11.6. The molecule has 2 aromatic carbocycles. The van der Waals surface area contributed by atoms with Crippen molar-refractivity contribution in [1.82, 2.24) is 10.6 Å². The van der Waals surface area contributed by atoms with Crippen LogP contribution in [0.1, 0.15) is 47.7 Å². The molecule has 36 heavy (non-hydrogen) atoms. The summed E-state index contributed by atoms with van der Waals surface area (Å²) in [6, 6.07) is 10.3. The van der Waals surface area contributed by atoms with Crippen molar-refractivity contribution < 1.29 is 38.9 Å². The minimum Gasteiger partial charge on any atom is -0.496 e. The molecular weight excluding hydrogens is 468 g/mol. The second-order valence-electron chi connectivity index (χ2n) is 8.13. The highest BCUT2D eigenvalue weighted by molar-refractivity contribution is 5.92. The van der Waals surface area contributed by atoms with Crippen LogP contribution in [0.3, 0.4) is 0 Å². The van der Waals surface area contributed by atoms with E-state index in [9.17, 15) is 24.3 Å². The number of benzene rings is 2. The van der Waals surface area contributed by atoms with Crippen molar-refractivity contribution in [2.45, 2.75) is 45.1 Å². The first kappa shape index (κ1) is 28.2. The normalized spacial score (nSPS) is 11.3. The number of aliphatic carboxylic acids is 1. The average Bonchev–Trinajstić information content (AvgIpc) is 2.85. The summed E-state index contributed by atoms with van der Waals surface area (Å²) in [6.45, 7) is 1.81. The number of carbonyl (C=O) groups excluding carboxylic acids is 2. The van der Waals surface area contributed by atoms with Crippen LogP contribution in [0.25, 0.3) is 0 Å². The van der Waals surface area contributed by atoms with E-state index in [0.717, 1.165) is 19.3 Å². The summed E-state index contributed by atoms with van der Waals surface area (Å²) < 4.78 is 10.3. The number of carboxylic acids is 2. The van der Waals surface area contributed by atoms with Crippen molar-refractivity contribution >= 4 is 23.8 Å². The lowest BCUT2D eigenvalue weighted by atomic mass is 10.0. The van der Waals surface area contributed by atoms with E-state index < -0.39 is 30.5 Å². The van der Waals surface area contributed by atoms with E-state index in [-0.39, 0.29) is 30.1 Å². The van der Waals surface area contributed by atoms with Gasteiger partial charge in [-0.3, -0.25) is 9.59 Å². The molecule has 0 bridgehead atoms. The number of amides is 2. The summed E-state index contributed by atoms with van der Waals surface area (Å²) in [5.74, 6) is -2.88. The number of para-hydroxylation sites is 1. The Balaban J connectivity index is 2.21. The van der Waals surface area contributed by atoms with Gasteiger partial charge in [0.15, 0.2) is 6.61 Å². The number of methoxy groups -OCH3 is 1. The number of carboxylic acid groups (broad SMARTS) is 2. The Labute approximate surface area is 209 Å². The molecule has 2 amide bonds. The smallest absolute Gasteiger partial charge is 0.341 e. The number of carbonyl (C=O) groups is 4. The molecule has 4 N–H and O–H groups in total. The van der Waals surface area contributed by atoms with Gasteiger partial charge in [0.2, 0.25) is 11.8 Å². The monoisotopic (exact) mass is 500 g/mol. The third kappa shape index (κ3) is 8.94. The van der Waals surface area contributed by atoms with Crippen molar-refractivity contribution in [2.75, 3.05) is 20.3 Å². The van der Waals surface area contributed by atoms with E-state index >= 15 is 0 Å². The SMILES string of the molecule is CCCCCNC(=O)[C@@H](Cc1ccc(OCC(=O)O)c(C(=O)O)c1)NC(=O)Cc1ccccc1OC. The van der Waals surface area contributed by atoms with Crippen molar-refractivity contribution in [1.29, 1.82) is 0 Å². The number of rotatable bonds is 15. The summed E-state index contributed by atoms with van der Waals surface area (Å²) in [5, 5.41) is 23.9. The van der Waals surface area contributed by atoms with Crippen LogP contribution >= 0.6 is 0 Å². The Morgan fingerprint density at radius 3 is 2.42 bits per heavy atom. The summed E-state index contributed by atoms with van der Waals surface area (Å²) >= 11 is 0. The van der Waals surface area contributed by atoms with Gasteiger partial charge in [-0.05, 0) is 30.2 Å². The lowest BCUT2D eigenvalue weighted by molar-refractivity contribution is -0.139. The van der Waals surface area contributed by atoms with Gasteiger partial charge in [-0.15, -0.1) is 0 Å². The third-order valence-electron chi connectivity index (χ3n) is 5.34. The molecular formula is C26H32N2O8. The Kier molecular flexibility index (Phi) is 11.2. The van der Waals surface area contributed by atoms with Crippen LogP contribution < -0.4 is 20.1 Å². The predicted octanol–water partition coefficient (Wildman–Crippen LogP) is 2.43. The largest absolute Gasteiger partial charge is 0.496 e. The highest BCUT2D eigenvalue weighted by Crippen LogP contribution is 2.22. The quantitative estimate of drug-likeness (QED) is 0.272. The highest BCUT2D eigenvalue weighted by atomic mass is 16.5.